The number of benzene rings is 1. The highest BCUT2D eigenvalue weighted by Crippen LogP contribution is 2.44. The van der Waals surface area contributed by atoms with Gasteiger partial charge < -0.3 is 20.3 Å². The Morgan fingerprint density at radius 2 is 1.88 bits per heavy atom. The maximum atomic E-state index is 13.8. The lowest BCUT2D eigenvalue weighted by Crippen LogP contribution is -2.42. The number of rotatable bonds is 7. The Bertz CT molecular complexity index is 998. The van der Waals surface area contributed by atoms with Crippen LogP contribution in [0.1, 0.15) is 43.7 Å². The van der Waals surface area contributed by atoms with Crippen LogP contribution in [0.4, 0.5) is 13.2 Å². The summed E-state index contributed by atoms with van der Waals surface area (Å²) in [6.45, 7) is 5.19. The van der Waals surface area contributed by atoms with Crippen LogP contribution in [-0.2, 0) is 15.7 Å². The molecular weight excluding hydrogens is 453 g/mol. The number of alkyl halides is 3. The van der Waals surface area contributed by atoms with E-state index in [2.05, 4.69) is 22.6 Å². The third-order valence-electron chi connectivity index (χ3n) is 6.21. The van der Waals surface area contributed by atoms with Crippen molar-refractivity contribution in [2.24, 2.45) is 0 Å². The van der Waals surface area contributed by atoms with E-state index in [9.17, 15) is 28.1 Å². The molecule has 1 aromatic rings. The van der Waals surface area contributed by atoms with Crippen LogP contribution in [-0.4, -0.2) is 55.1 Å². The van der Waals surface area contributed by atoms with Crippen molar-refractivity contribution >= 4 is 5.97 Å². The highest BCUT2D eigenvalue weighted by Gasteiger charge is 2.45. The quantitative estimate of drug-likeness (QED) is 0.266. The predicted octanol–water partition coefficient (Wildman–Crippen LogP) is 3.40. The lowest BCUT2D eigenvalue weighted by atomic mass is 9.81. The van der Waals surface area contributed by atoms with Crippen LogP contribution in [0.5, 0.6) is 0 Å². The zero-order valence-corrected chi connectivity index (χ0v) is 19.4. The minimum atomic E-state index is -4.75. The number of hydrogen-bond donors (Lipinski definition) is 2. The number of piperidine rings is 1. The molecule has 186 valence electrons. The van der Waals surface area contributed by atoms with Gasteiger partial charge in [-0.25, -0.2) is 4.79 Å². The lowest BCUT2D eigenvalue weighted by molar-refractivity contribution is -0.431. The number of esters is 1. The number of nitro groups is 1. The number of allylic oxidation sites excluding steroid dienone is 3. The second-order valence-electron chi connectivity index (χ2n) is 8.62. The molecule has 0 radical (unpaired) electrons. The highest BCUT2D eigenvalue weighted by molar-refractivity contribution is 5.92. The summed E-state index contributed by atoms with van der Waals surface area (Å²) in [6, 6.07) is 4.89. The molecule has 1 saturated heterocycles. The molecule has 1 fully saturated rings. The van der Waals surface area contributed by atoms with Gasteiger partial charge in [0.15, 0.2) is 0 Å². The van der Waals surface area contributed by atoms with Crippen molar-refractivity contribution < 1.29 is 27.6 Å². The van der Waals surface area contributed by atoms with Gasteiger partial charge in [0.25, 0.3) is 5.70 Å². The molecule has 0 amide bonds. The van der Waals surface area contributed by atoms with Crippen molar-refractivity contribution in [2.45, 2.75) is 44.8 Å². The molecule has 3 rings (SSSR count). The number of carbonyl (C=O) groups is 1. The summed E-state index contributed by atoms with van der Waals surface area (Å²) < 4.78 is 46.6. The number of halogens is 3. The van der Waals surface area contributed by atoms with Gasteiger partial charge in [-0.3, -0.25) is 10.1 Å². The minimum absolute atomic E-state index is 0.00785. The maximum Gasteiger partial charge on any atom is 0.416 e. The standard InChI is InChI=1S/C23H29F3N4O4/c1-14-19(22(31)34-13-10-27-16-8-11-29(3)12-9-16)20(21(30(32)33)15(2)28-14)17-6-4-5-7-18(17)23(24,25)26/h4-7,16,20,27-28H,8-13H2,1-3H3/t20-/m1/s1. The molecule has 2 aliphatic rings. The van der Waals surface area contributed by atoms with Gasteiger partial charge in [0.05, 0.1) is 21.8 Å². The molecule has 0 aliphatic carbocycles. The van der Waals surface area contributed by atoms with E-state index in [-0.39, 0.29) is 29.1 Å². The molecule has 0 bridgehead atoms. The second kappa shape index (κ2) is 10.6. The number of dihydropyridines is 1. The summed E-state index contributed by atoms with van der Waals surface area (Å²) in [5, 5.41) is 18.0. The Kier molecular flexibility index (Phi) is 7.98. The molecule has 1 aromatic carbocycles. The van der Waals surface area contributed by atoms with Gasteiger partial charge in [0.2, 0.25) is 0 Å². The third kappa shape index (κ3) is 5.76. The van der Waals surface area contributed by atoms with Gasteiger partial charge in [-0.2, -0.15) is 13.2 Å². The monoisotopic (exact) mass is 482 g/mol. The second-order valence-corrected chi connectivity index (χ2v) is 8.62. The van der Waals surface area contributed by atoms with Gasteiger partial charge in [-0.15, -0.1) is 0 Å². The van der Waals surface area contributed by atoms with Crippen molar-refractivity contribution in [3.63, 3.8) is 0 Å². The van der Waals surface area contributed by atoms with E-state index < -0.39 is 34.2 Å². The molecule has 1 atom stereocenters. The van der Waals surface area contributed by atoms with Crippen molar-refractivity contribution in [1.29, 1.82) is 0 Å². The van der Waals surface area contributed by atoms with Crippen molar-refractivity contribution in [3.05, 3.63) is 68.2 Å². The Morgan fingerprint density at radius 3 is 2.50 bits per heavy atom. The van der Waals surface area contributed by atoms with E-state index in [4.69, 9.17) is 4.74 Å². The molecular formula is C23H29F3N4O4. The number of likely N-dealkylation sites (tertiary alicyclic amines) is 1. The fraction of sp³-hybridized carbons (Fsp3) is 0.522. The Hall–Kier alpha value is -2.92. The largest absolute Gasteiger partial charge is 0.461 e. The van der Waals surface area contributed by atoms with Crippen molar-refractivity contribution in [1.82, 2.24) is 15.5 Å². The summed E-state index contributed by atoms with van der Waals surface area (Å²) in [4.78, 5) is 26.4. The molecule has 2 N–H and O–H groups in total. The fourth-order valence-electron chi connectivity index (χ4n) is 4.50. The van der Waals surface area contributed by atoms with Crippen LogP contribution in [0.15, 0.2) is 46.9 Å². The summed E-state index contributed by atoms with van der Waals surface area (Å²) in [6.07, 6.45) is -2.83. The molecule has 11 heteroatoms. The zero-order chi connectivity index (χ0) is 25.0. The number of nitrogens with zero attached hydrogens (tertiary/aromatic N) is 2. The smallest absolute Gasteiger partial charge is 0.416 e. The molecule has 0 unspecified atom stereocenters. The van der Waals surface area contributed by atoms with Crippen LogP contribution in [0, 0.1) is 10.1 Å². The topological polar surface area (TPSA) is 96.7 Å². The Balaban J connectivity index is 1.84. The first-order valence-corrected chi connectivity index (χ1v) is 11.1. The average Bonchev–Trinajstić information content (AvgIpc) is 2.76. The number of ether oxygens (including phenoxy) is 1. The SMILES string of the molecule is CC1=C(C(=O)OCCNC2CCN(C)CC2)[C@@H](c2ccccc2C(F)(F)F)C([N+](=O)[O-])=C(C)N1. The van der Waals surface area contributed by atoms with Crippen molar-refractivity contribution in [3.8, 4) is 0 Å². The first-order chi connectivity index (χ1) is 16.0. The number of carbonyl (C=O) groups excluding carboxylic acids is 1. The molecule has 0 aromatic heterocycles. The third-order valence-corrected chi connectivity index (χ3v) is 6.21. The molecule has 0 spiro atoms. The number of hydrogen-bond acceptors (Lipinski definition) is 7. The van der Waals surface area contributed by atoms with Crippen LogP contribution in [0.3, 0.4) is 0 Å². The van der Waals surface area contributed by atoms with Crippen LogP contribution in [0.2, 0.25) is 0 Å². The first kappa shape index (κ1) is 25.7. The van der Waals surface area contributed by atoms with E-state index in [0.29, 0.717) is 12.6 Å². The van der Waals surface area contributed by atoms with Crippen LogP contribution in [0.25, 0.3) is 0 Å². The van der Waals surface area contributed by atoms with E-state index >= 15 is 0 Å². The zero-order valence-electron chi connectivity index (χ0n) is 19.4. The normalized spacial score (nSPS) is 20.4. The molecule has 8 nitrogen and oxygen atoms in total. The van der Waals surface area contributed by atoms with Gasteiger partial charge in [-0.05, 0) is 58.5 Å². The van der Waals surface area contributed by atoms with Crippen LogP contribution >= 0.6 is 0 Å². The van der Waals surface area contributed by atoms with E-state index in [1.54, 1.807) is 0 Å². The molecule has 2 heterocycles. The van der Waals surface area contributed by atoms with Gasteiger partial charge in [-0.1, -0.05) is 18.2 Å². The predicted molar refractivity (Wildman–Crippen MR) is 119 cm³/mol. The van der Waals surface area contributed by atoms with Crippen molar-refractivity contribution in [2.75, 3.05) is 33.3 Å². The maximum absolute atomic E-state index is 13.8. The minimum Gasteiger partial charge on any atom is -0.461 e. The van der Waals surface area contributed by atoms with Crippen LogP contribution < -0.4 is 10.6 Å². The molecule has 2 aliphatic heterocycles. The van der Waals surface area contributed by atoms with E-state index in [1.807, 2.05) is 0 Å². The van der Waals surface area contributed by atoms with Gasteiger partial charge >= 0.3 is 12.1 Å². The summed E-state index contributed by atoms with van der Waals surface area (Å²) in [7, 11) is 2.05. The molecule has 34 heavy (non-hydrogen) atoms. The van der Waals surface area contributed by atoms with Gasteiger partial charge in [0.1, 0.15) is 12.5 Å². The summed E-state index contributed by atoms with van der Waals surface area (Å²) in [5.41, 5.74) is -1.82. The number of nitrogens with one attached hydrogen (secondary N) is 2. The highest BCUT2D eigenvalue weighted by atomic mass is 19.4. The first-order valence-electron chi connectivity index (χ1n) is 11.1. The van der Waals surface area contributed by atoms with E-state index in [0.717, 1.165) is 38.1 Å². The van der Waals surface area contributed by atoms with E-state index in [1.165, 1.54) is 26.0 Å². The fourth-order valence-corrected chi connectivity index (χ4v) is 4.50. The Morgan fingerprint density at radius 1 is 1.24 bits per heavy atom. The Labute approximate surface area is 196 Å². The molecule has 0 saturated carbocycles. The van der Waals surface area contributed by atoms with Gasteiger partial charge in [0, 0.05) is 18.3 Å². The lowest BCUT2D eigenvalue weighted by Gasteiger charge is -2.30. The summed E-state index contributed by atoms with van der Waals surface area (Å²) >= 11 is 0. The summed E-state index contributed by atoms with van der Waals surface area (Å²) in [5.74, 6) is -2.41. The average molecular weight is 483 g/mol.